The minimum Gasteiger partial charge on any atom is -0.355 e. The van der Waals surface area contributed by atoms with Crippen LogP contribution in [-0.2, 0) is 11.2 Å². The van der Waals surface area contributed by atoms with Crippen LogP contribution < -0.4 is 10.6 Å². The zero-order chi connectivity index (χ0) is 18.8. The molecule has 6 heteroatoms. The average Bonchev–Trinajstić information content (AvgIpc) is 3.17. The van der Waals surface area contributed by atoms with Crippen LogP contribution in [0.1, 0.15) is 28.1 Å². The quantitative estimate of drug-likeness (QED) is 0.629. The maximum Gasteiger partial charge on any atom is 0.261 e. The van der Waals surface area contributed by atoms with Crippen LogP contribution >= 0.6 is 11.3 Å². The van der Waals surface area contributed by atoms with Gasteiger partial charge in [-0.15, -0.1) is 11.3 Å². The number of benzene rings is 1. The largest absolute Gasteiger partial charge is 0.355 e. The number of thiophene rings is 1. The highest BCUT2D eigenvalue weighted by molar-refractivity contribution is 7.12. The molecule has 0 saturated heterocycles. The van der Waals surface area contributed by atoms with Crippen LogP contribution in [-0.4, -0.2) is 49.9 Å². The molecule has 0 aliphatic rings. The Bertz CT molecular complexity index is 672. The Labute approximate surface area is 159 Å². The molecular formula is C20H27N3O2S. The highest BCUT2D eigenvalue weighted by Gasteiger charge is 2.13. The van der Waals surface area contributed by atoms with E-state index in [4.69, 9.17) is 0 Å². The highest BCUT2D eigenvalue weighted by Crippen LogP contribution is 2.08. The number of hydrogen-bond donors (Lipinski definition) is 2. The summed E-state index contributed by atoms with van der Waals surface area (Å²) >= 11 is 1.41. The van der Waals surface area contributed by atoms with E-state index in [1.807, 2.05) is 43.7 Å². The van der Waals surface area contributed by atoms with Gasteiger partial charge in [0.1, 0.15) is 0 Å². The molecule has 1 aromatic heterocycles. The van der Waals surface area contributed by atoms with Crippen molar-refractivity contribution in [3.8, 4) is 0 Å². The number of amides is 2. The van der Waals surface area contributed by atoms with Crippen molar-refractivity contribution in [3.05, 3.63) is 58.3 Å². The van der Waals surface area contributed by atoms with Crippen LogP contribution in [0.3, 0.4) is 0 Å². The van der Waals surface area contributed by atoms with E-state index >= 15 is 0 Å². The summed E-state index contributed by atoms with van der Waals surface area (Å²) in [6.07, 6.45) is 1.94. The van der Waals surface area contributed by atoms with Crippen molar-refractivity contribution in [3.63, 3.8) is 0 Å². The summed E-state index contributed by atoms with van der Waals surface area (Å²) in [5.41, 5.74) is 1.26. The first kappa shape index (κ1) is 20.1. The number of likely N-dealkylation sites (N-methyl/N-ethyl adjacent to an activating group) is 1. The average molecular weight is 374 g/mol. The molecule has 0 fully saturated rings. The topological polar surface area (TPSA) is 61.4 Å². The van der Waals surface area contributed by atoms with Gasteiger partial charge in [0.25, 0.3) is 5.91 Å². The van der Waals surface area contributed by atoms with Gasteiger partial charge in [0.05, 0.1) is 4.88 Å². The zero-order valence-corrected chi connectivity index (χ0v) is 16.2. The Hall–Kier alpha value is -2.18. The molecule has 5 nitrogen and oxygen atoms in total. The van der Waals surface area contributed by atoms with E-state index in [-0.39, 0.29) is 17.9 Å². The molecule has 0 bridgehead atoms. The number of carbonyl (C=O) groups is 2. The third-order valence-corrected chi connectivity index (χ3v) is 5.06. The molecule has 0 aliphatic carbocycles. The molecule has 140 valence electrons. The molecule has 0 aliphatic heterocycles. The predicted octanol–water partition coefficient (Wildman–Crippen LogP) is 2.55. The smallest absolute Gasteiger partial charge is 0.261 e. The van der Waals surface area contributed by atoms with Crippen molar-refractivity contribution in [2.24, 2.45) is 0 Å². The Morgan fingerprint density at radius 3 is 2.50 bits per heavy atom. The highest BCUT2D eigenvalue weighted by atomic mass is 32.1. The van der Waals surface area contributed by atoms with Gasteiger partial charge < -0.3 is 15.5 Å². The van der Waals surface area contributed by atoms with Crippen LogP contribution in [0.5, 0.6) is 0 Å². The van der Waals surface area contributed by atoms with E-state index in [0.717, 1.165) is 6.42 Å². The maximum absolute atomic E-state index is 12.1. The lowest BCUT2D eigenvalue weighted by atomic mass is 10.1. The first-order valence-electron chi connectivity index (χ1n) is 8.85. The number of carbonyl (C=O) groups excluding carboxylic acids is 2. The lowest BCUT2D eigenvalue weighted by molar-refractivity contribution is -0.121. The zero-order valence-electron chi connectivity index (χ0n) is 15.4. The Morgan fingerprint density at radius 1 is 1.08 bits per heavy atom. The van der Waals surface area contributed by atoms with Gasteiger partial charge in [0.2, 0.25) is 5.91 Å². The van der Waals surface area contributed by atoms with Gasteiger partial charge in [-0.2, -0.15) is 0 Å². The van der Waals surface area contributed by atoms with Crippen LogP contribution in [0.4, 0.5) is 0 Å². The predicted molar refractivity (Wildman–Crippen MR) is 107 cm³/mol. The first-order chi connectivity index (χ1) is 12.6. The lowest BCUT2D eigenvalue weighted by Gasteiger charge is -2.24. The molecule has 1 unspecified atom stereocenters. The van der Waals surface area contributed by atoms with Crippen LogP contribution in [0, 0.1) is 0 Å². The third-order valence-electron chi connectivity index (χ3n) is 4.19. The molecule has 2 N–H and O–H groups in total. The molecule has 2 amide bonds. The van der Waals surface area contributed by atoms with Gasteiger partial charge in [-0.25, -0.2) is 0 Å². The maximum atomic E-state index is 12.1. The molecule has 2 rings (SSSR count). The van der Waals surface area contributed by atoms with Crippen LogP contribution in [0.15, 0.2) is 47.8 Å². The van der Waals surface area contributed by atoms with Crippen molar-refractivity contribution in [1.29, 1.82) is 0 Å². The van der Waals surface area contributed by atoms with Crippen LogP contribution in [0.25, 0.3) is 0 Å². The Kier molecular flexibility index (Phi) is 8.31. The number of hydrogen-bond acceptors (Lipinski definition) is 4. The molecular weight excluding hydrogens is 346 g/mol. The fraction of sp³-hybridized carbons (Fsp3) is 0.400. The number of nitrogens with zero attached hydrogens (tertiary/aromatic N) is 1. The normalized spacial score (nSPS) is 12.0. The molecule has 0 saturated carbocycles. The monoisotopic (exact) mass is 373 g/mol. The van der Waals surface area contributed by atoms with Gasteiger partial charge in [0.15, 0.2) is 0 Å². The van der Waals surface area contributed by atoms with E-state index in [0.29, 0.717) is 30.8 Å². The summed E-state index contributed by atoms with van der Waals surface area (Å²) in [5.74, 6) is -0.0498. The first-order valence-corrected chi connectivity index (χ1v) is 9.73. The van der Waals surface area contributed by atoms with Crippen molar-refractivity contribution in [2.45, 2.75) is 25.3 Å². The van der Waals surface area contributed by atoms with Crippen LogP contribution in [0.2, 0.25) is 0 Å². The minimum atomic E-state index is -0.0732. The summed E-state index contributed by atoms with van der Waals surface area (Å²) in [6, 6.07) is 14.2. The summed E-state index contributed by atoms with van der Waals surface area (Å²) in [5, 5.41) is 7.72. The summed E-state index contributed by atoms with van der Waals surface area (Å²) < 4.78 is 0. The third kappa shape index (κ3) is 6.98. The van der Waals surface area contributed by atoms with E-state index in [1.54, 1.807) is 6.07 Å². The molecule has 1 aromatic carbocycles. The summed E-state index contributed by atoms with van der Waals surface area (Å²) in [4.78, 5) is 26.7. The number of nitrogens with one attached hydrogen (secondary N) is 2. The van der Waals surface area contributed by atoms with Crippen molar-refractivity contribution < 1.29 is 9.59 Å². The summed E-state index contributed by atoms with van der Waals surface area (Å²) in [7, 11) is 4.06. The van der Waals surface area contributed by atoms with Gasteiger partial charge in [0, 0.05) is 25.6 Å². The Morgan fingerprint density at radius 2 is 1.85 bits per heavy atom. The molecule has 0 spiro atoms. The molecule has 2 aromatic rings. The Balaban J connectivity index is 1.65. The van der Waals surface area contributed by atoms with Gasteiger partial charge in [-0.3, -0.25) is 9.59 Å². The molecule has 26 heavy (non-hydrogen) atoms. The van der Waals surface area contributed by atoms with E-state index in [1.165, 1.54) is 16.9 Å². The second-order valence-corrected chi connectivity index (χ2v) is 7.40. The second kappa shape index (κ2) is 10.7. The van der Waals surface area contributed by atoms with Gasteiger partial charge >= 0.3 is 0 Å². The molecule has 1 heterocycles. The van der Waals surface area contributed by atoms with E-state index in [9.17, 15) is 9.59 Å². The van der Waals surface area contributed by atoms with Crippen molar-refractivity contribution >= 4 is 23.2 Å². The lowest BCUT2D eigenvalue weighted by Crippen LogP contribution is -2.41. The van der Waals surface area contributed by atoms with E-state index in [2.05, 4.69) is 27.7 Å². The minimum absolute atomic E-state index is 0.0234. The van der Waals surface area contributed by atoms with Crippen molar-refractivity contribution in [1.82, 2.24) is 15.5 Å². The van der Waals surface area contributed by atoms with Gasteiger partial charge in [-0.05, 0) is 43.9 Å². The van der Waals surface area contributed by atoms with Crippen molar-refractivity contribution in [2.75, 3.05) is 27.2 Å². The standard InChI is InChI=1S/C20H27N3O2S/c1-23(2)17(14-16-8-4-3-5-9-16)15-22-19(24)11-6-12-21-20(25)18-10-7-13-26-18/h3-5,7-10,13,17H,6,11-12,14-15H2,1-2H3,(H,21,25)(H,22,24). The molecule has 1 atom stereocenters. The van der Waals surface area contributed by atoms with Gasteiger partial charge in [-0.1, -0.05) is 36.4 Å². The van der Waals surface area contributed by atoms with E-state index < -0.39 is 0 Å². The number of rotatable bonds is 10. The SMILES string of the molecule is CN(C)C(CNC(=O)CCCNC(=O)c1cccs1)Cc1ccccc1. The summed E-state index contributed by atoms with van der Waals surface area (Å²) in [6.45, 7) is 1.12. The fourth-order valence-electron chi connectivity index (χ4n) is 2.59. The second-order valence-electron chi connectivity index (χ2n) is 6.45. The molecule has 0 radical (unpaired) electrons. The fourth-order valence-corrected chi connectivity index (χ4v) is 3.23.